The SMILES string of the molecule is CCC1O[C@@H](Oc2cc(O)cc3oc(-c4ccc(O)c(OC)c4)c(O)c(=O)c23)C(O)[C@@H](O)[C@@H]1O. The molecule has 3 aromatic rings. The summed E-state index contributed by atoms with van der Waals surface area (Å²) in [4.78, 5) is 13.1. The lowest BCUT2D eigenvalue weighted by Crippen LogP contribution is -2.58. The third kappa shape index (κ3) is 3.99. The van der Waals surface area contributed by atoms with Gasteiger partial charge in [-0.3, -0.25) is 4.79 Å². The maximum Gasteiger partial charge on any atom is 0.238 e. The summed E-state index contributed by atoms with van der Waals surface area (Å²) in [6.07, 6.45) is -6.63. The molecule has 11 heteroatoms. The first-order valence-corrected chi connectivity index (χ1v) is 10.4. The predicted octanol–water partition coefficient (Wildman–Crippen LogP) is 1.18. The highest BCUT2D eigenvalue weighted by Crippen LogP contribution is 2.39. The van der Waals surface area contributed by atoms with Gasteiger partial charge in [-0.15, -0.1) is 0 Å². The second kappa shape index (κ2) is 9.03. The number of rotatable bonds is 5. The van der Waals surface area contributed by atoms with Crippen molar-refractivity contribution in [1.29, 1.82) is 0 Å². The smallest absolute Gasteiger partial charge is 0.238 e. The fraction of sp³-hybridized carbons (Fsp3) is 0.348. The fourth-order valence-corrected chi connectivity index (χ4v) is 3.84. The quantitative estimate of drug-likeness (QED) is 0.311. The molecule has 5 atom stereocenters. The lowest BCUT2D eigenvalue weighted by molar-refractivity contribution is -0.272. The number of aromatic hydroxyl groups is 3. The van der Waals surface area contributed by atoms with Gasteiger partial charge in [-0.25, -0.2) is 0 Å². The van der Waals surface area contributed by atoms with Crippen LogP contribution in [0.2, 0.25) is 0 Å². The van der Waals surface area contributed by atoms with E-state index < -0.39 is 41.9 Å². The molecule has 0 saturated carbocycles. The van der Waals surface area contributed by atoms with E-state index in [1.165, 1.54) is 25.3 Å². The minimum absolute atomic E-state index is 0.0780. The third-order valence-corrected chi connectivity index (χ3v) is 5.68. The summed E-state index contributed by atoms with van der Waals surface area (Å²) in [5.41, 5.74) is -0.847. The topological polar surface area (TPSA) is 179 Å². The molecule has 0 spiro atoms. The van der Waals surface area contributed by atoms with Gasteiger partial charge in [0.25, 0.3) is 0 Å². The van der Waals surface area contributed by atoms with Crippen LogP contribution in [-0.2, 0) is 4.74 Å². The van der Waals surface area contributed by atoms with Crippen molar-refractivity contribution in [3.8, 4) is 40.1 Å². The lowest BCUT2D eigenvalue weighted by Gasteiger charge is -2.40. The number of hydrogen-bond donors (Lipinski definition) is 6. The molecule has 2 heterocycles. The first-order chi connectivity index (χ1) is 16.2. The monoisotopic (exact) mass is 476 g/mol. The van der Waals surface area contributed by atoms with Gasteiger partial charge in [0.2, 0.25) is 17.5 Å². The summed E-state index contributed by atoms with van der Waals surface area (Å²) in [5, 5.41) is 60.8. The molecular weight excluding hydrogens is 452 g/mol. The van der Waals surface area contributed by atoms with E-state index in [4.69, 9.17) is 18.6 Å². The molecule has 0 amide bonds. The van der Waals surface area contributed by atoms with Crippen molar-refractivity contribution in [2.24, 2.45) is 0 Å². The predicted molar refractivity (Wildman–Crippen MR) is 117 cm³/mol. The van der Waals surface area contributed by atoms with Crippen molar-refractivity contribution in [3.05, 3.63) is 40.6 Å². The summed E-state index contributed by atoms with van der Waals surface area (Å²) in [6, 6.07) is 6.24. The molecule has 1 aliphatic heterocycles. The van der Waals surface area contributed by atoms with Crippen LogP contribution in [0.4, 0.5) is 0 Å². The van der Waals surface area contributed by atoms with Crippen molar-refractivity contribution in [2.45, 2.75) is 44.1 Å². The highest BCUT2D eigenvalue weighted by molar-refractivity contribution is 5.88. The van der Waals surface area contributed by atoms with Crippen LogP contribution in [0.25, 0.3) is 22.3 Å². The average Bonchev–Trinajstić information content (AvgIpc) is 2.81. The molecule has 2 unspecified atom stereocenters. The Morgan fingerprint density at radius 2 is 1.71 bits per heavy atom. The minimum atomic E-state index is -1.67. The fourth-order valence-electron chi connectivity index (χ4n) is 3.84. The van der Waals surface area contributed by atoms with Crippen LogP contribution >= 0.6 is 0 Å². The molecule has 4 rings (SSSR count). The van der Waals surface area contributed by atoms with E-state index in [0.29, 0.717) is 6.42 Å². The molecular formula is C23H24O11. The summed E-state index contributed by atoms with van der Waals surface area (Å²) >= 11 is 0. The summed E-state index contributed by atoms with van der Waals surface area (Å²) in [6.45, 7) is 1.70. The van der Waals surface area contributed by atoms with Gasteiger partial charge in [0.15, 0.2) is 17.3 Å². The van der Waals surface area contributed by atoms with Crippen LogP contribution in [-0.4, -0.2) is 68.5 Å². The molecule has 1 aliphatic rings. The molecule has 0 radical (unpaired) electrons. The van der Waals surface area contributed by atoms with Crippen LogP contribution in [0.5, 0.6) is 28.7 Å². The largest absolute Gasteiger partial charge is 0.508 e. The number of hydrogen-bond acceptors (Lipinski definition) is 11. The van der Waals surface area contributed by atoms with Crippen LogP contribution in [0.1, 0.15) is 13.3 Å². The van der Waals surface area contributed by atoms with E-state index in [-0.39, 0.29) is 45.3 Å². The number of phenols is 2. The Balaban J connectivity index is 1.81. The van der Waals surface area contributed by atoms with E-state index >= 15 is 0 Å². The number of phenolic OH excluding ortho intramolecular Hbond substituents is 2. The third-order valence-electron chi connectivity index (χ3n) is 5.68. The Hall–Kier alpha value is -3.51. The van der Waals surface area contributed by atoms with E-state index in [9.17, 15) is 35.4 Å². The summed E-state index contributed by atoms with van der Waals surface area (Å²) in [7, 11) is 1.33. The standard InChI is InChI=1S/C23H24O11/c1-3-12-17(26)19(28)21(30)23(33-12)34-15-8-10(24)7-14-16(15)18(27)20(29)22(32-14)9-4-5-11(25)13(6-9)31-2/h4-8,12,17,19,21,23-26,28-30H,3H2,1-2H3/t12?,17-,19+,21?,23+/m1/s1. The number of ether oxygens (including phenoxy) is 3. The summed E-state index contributed by atoms with van der Waals surface area (Å²) < 4.78 is 21.9. The number of benzene rings is 2. The van der Waals surface area contributed by atoms with E-state index in [1.807, 2.05) is 0 Å². The molecule has 1 aromatic heterocycles. The van der Waals surface area contributed by atoms with Gasteiger partial charge in [-0.05, 0) is 24.6 Å². The van der Waals surface area contributed by atoms with Gasteiger partial charge in [-0.2, -0.15) is 0 Å². The minimum Gasteiger partial charge on any atom is -0.508 e. The lowest BCUT2D eigenvalue weighted by atomic mass is 9.97. The van der Waals surface area contributed by atoms with Gasteiger partial charge in [0, 0.05) is 17.7 Å². The molecule has 2 aromatic carbocycles. The normalized spacial score (nSPS) is 24.8. The molecule has 11 nitrogen and oxygen atoms in total. The van der Waals surface area contributed by atoms with Gasteiger partial charge < -0.3 is 49.3 Å². The van der Waals surface area contributed by atoms with Crippen LogP contribution < -0.4 is 14.9 Å². The average molecular weight is 476 g/mol. The van der Waals surface area contributed by atoms with E-state index in [1.54, 1.807) is 6.92 Å². The first-order valence-electron chi connectivity index (χ1n) is 10.4. The Labute approximate surface area is 192 Å². The summed E-state index contributed by atoms with van der Waals surface area (Å²) in [5.74, 6) is -1.74. The Kier molecular flexibility index (Phi) is 6.28. The van der Waals surface area contributed by atoms with Crippen LogP contribution in [0, 0.1) is 0 Å². The number of aliphatic hydroxyl groups is 3. The Morgan fingerprint density at radius 3 is 2.38 bits per heavy atom. The second-order valence-electron chi connectivity index (χ2n) is 7.85. The van der Waals surface area contributed by atoms with Crippen molar-refractivity contribution >= 4 is 11.0 Å². The number of methoxy groups -OCH3 is 1. The zero-order valence-corrected chi connectivity index (χ0v) is 18.2. The number of fused-ring (bicyclic) bond motifs is 1. The molecule has 34 heavy (non-hydrogen) atoms. The van der Waals surface area contributed by atoms with Crippen LogP contribution in [0.3, 0.4) is 0 Å². The molecule has 0 bridgehead atoms. The van der Waals surface area contributed by atoms with Crippen molar-refractivity contribution < 1.29 is 49.3 Å². The maximum atomic E-state index is 13.1. The highest BCUT2D eigenvalue weighted by Gasteiger charge is 2.44. The maximum absolute atomic E-state index is 13.1. The molecule has 0 aliphatic carbocycles. The second-order valence-corrected chi connectivity index (χ2v) is 7.85. The van der Waals surface area contributed by atoms with Crippen LogP contribution in [0.15, 0.2) is 39.5 Å². The van der Waals surface area contributed by atoms with E-state index in [2.05, 4.69) is 0 Å². The van der Waals surface area contributed by atoms with Gasteiger partial charge in [0.05, 0.1) is 13.2 Å². The van der Waals surface area contributed by atoms with Crippen molar-refractivity contribution in [1.82, 2.24) is 0 Å². The van der Waals surface area contributed by atoms with Crippen molar-refractivity contribution in [3.63, 3.8) is 0 Å². The van der Waals surface area contributed by atoms with Crippen molar-refractivity contribution in [2.75, 3.05) is 7.11 Å². The number of aliphatic hydroxyl groups excluding tert-OH is 3. The molecule has 1 fully saturated rings. The highest BCUT2D eigenvalue weighted by atomic mass is 16.7. The first kappa shape index (κ1) is 23.6. The zero-order chi connectivity index (χ0) is 24.7. The van der Waals surface area contributed by atoms with Gasteiger partial charge in [-0.1, -0.05) is 6.92 Å². The molecule has 6 N–H and O–H groups in total. The molecule has 182 valence electrons. The van der Waals surface area contributed by atoms with Gasteiger partial charge in [0.1, 0.15) is 40.8 Å². The Morgan fingerprint density at radius 1 is 0.971 bits per heavy atom. The van der Waals surface area contributed by atoms with Gasteiger partial charge >= 0.3 is 0 Å². The zero-order valence-electron chi connectivity index (χ0n) is 18.2. The molecule has 1 saturated heterocycles. The van der Waals surface area contributed by atoms with E-state index in [0.717, 1.165) is 12.1 Å². The Bertz CT molecular complexity index is 1270.